The molecule has 1 heterocycles. The van der Waals surface area contributed by atoms with Gasteiger partial charge in [-0.1, -0.05) is 43.2 Å². The van der Waals surface area contributed by atoms with E-state index in [4.69, 9.17) is 4.74 Å². The van der Waals surface area contributed by atoms with Crippen molar-refractivity contribution in [2.24, 2.45) is 11.8 Å². The van der Waals surface area contributed by atoms with Crippen molar-refractivity contribution in [2.75, 3.05) is 6.54 Å². The van der Waals surface area contributed by atoms with Gasteiger partial charge < -0.3 is 10.1 Å². The predicted molar refractivity (Wildman–Crippen MR) is 89.7 cm³/mol. The molecule has 1 fully saturated rings. The van der Waals surface area contributed by atoms with Gasteiger partial charge in [0.25, 0.3) is 0 Å². The van der Waals surface area contributed by atoms with E-state index >= 15 is 0 Å². The number of aryl methyl sites for hydroxylation is 2. The second-order valence-electron chi connectivity index (χ2n) is 6.85. The van der Waals surface area contributed by atoms with E-state index in [1.54, 1.807) is 0 Å². The standard InChI is InChI=1S/C19H31NO/c1-7-20-18(19-14(4)15(5)21-16(19)6)11-17-9-12(2)8-13(3)10-17/h8-10,14-16,18-20H,7,11H2,1-6H3. The van der Waals surface area contributed by atoms with Crippen LogP contribution in [0.4, 0.5) is 0 Å². The van der Waals surface area contributed by atoms with Gasteiger partial charge in [0, 0.05) is 12.0 Å². The van der Waals surface area contributed by atoms with Crippen molar-refractivity contribution < 1.29 is 4.74 Å². The van der Waals surface area contributed by atoms with Crippen LogP contribution in [0.15, 0.2) is 18.2 Å². The quantitative estimate of drug-likeness (QED) is 0.888. The van der Waals surface area contributed by atoms with E-state index < -0.39 is 0 Å². The van der Waals surface area contributed by atoms with Crippen molar-refractivity contribution in [2.45, 2.75) is 66.2 Å². The molecule has 0 saturated carbocycles. The molecular formula is C19H31NO. The summed E-state index contributed by atoms with van der Waals surface area (Å²) in [5.74, 6) is 1.19. The van der Waals surface area contributed by atoms with Crippen LogP contribution in [-0.2, 0) is 11.2 Å². The maximum atomic E-state index is 6.06. The zero-order valence-corrected chi connectivity index (χ0v) is 14.4. The van der Waals surface area contributed by atoms with Crippen molar-refractivity contribution in [1.29, 1.82) is 0 Å². The number of ether oxygens (including phenoxy) is 1. The molecule has 2 heteroatoms. The van der Waals surface area contributed by atoms with Crippen LogP contribution < -0.4 is 5.32 Å². The molecule has 1 N–H and O–H groups in total. The summed E-state index contributed by atoms with van der Waals surface area (Å²) in [6.45, 7) is 14.4. The summed E-state index contributed by atoms with van der Waals surface area (Å²) in [7, 11) is 0. The number of hydrogen-bond donors (Lipinski definition) is 1. The lowest BCUT2D eigenvalue weighted by Gasteiger charge is -2.30. The summed E-state index contributed by atoms with van der Waals surface area (Å²) >= 11 is 0. The number of benzene rings is 1. The molecule has 0 amide bonds. The fourth-order valence-electron chi connectivity index (χ4n) is 4.03. The summed E-state index contributed by atoms with van der Waals surface area (Å²) < 4.78 is 6.06. The number of likely N-dealkylation sites (N-methyl/N-ethyl adjacent to an activating group) is 1. The number of nitrogens with one attached hydrogen (secondary N) is 1. The highest BCUT2D eigenvalue weighted by Crippen LogP contribution is 2.35. The lowest BCUT2D eigenvalue weighted by Crippen LogP contribution is -2.43. The highest BCUT2D eigenvalue weighted by atomic mass is 16.5. The Morgan fingerprint density at radius 1 is 1.05 bits per heavy atom. The highest BCUT2D eigenvalue weighted by Gasteiger charge is 2.41. The van der Waals surface area contributed by atoms with Gasteiger partial charge in [-0.3, -0.25) is 0 Å². The topological polar surface area (TPSA) is 21.3 Å². The molecule has 5 atom stereocenters. The Morgan fingerprint density at radius 3 is 2.14 bits per heavy atom. The SMILES string of the molecule is CCNC(Cc1cc(C)cc(C)c1)C1C(C)OC(C)C1C. The minimum atomic E-state index is 0.338. The first-order chi connectivity index (χ1) is 9.92. The first-order valence-corrected chi connectivity index (χ1v) is 8.38. The molecular weight excluding hydrogens is 258 g/mol. The second kappa shape index (κ2) is 6.93. The third-order valence-corrected chi connectivity index (χ3v) is 4.99. The van der Waals surface area contributed by atoms with Crippen LogP contribution >= 0.6 is 0 Å². The predicted octanol–water partition coefficient (Wildman–Crippen LogP) is 3.88. The van der Waals surface area contributed by atoms with Gasteiger partial charge in [-0.25, -0.2) is 0 Å². The molecule has 2 nitrogen and oxygen atoms in total. The third-order valence-electron chi connectivity index (χ3n) is 4.99. The largest absolute Gasteiger partial charge is 0.375 e. The molecule has 1 aliphatic heterocycles. The molecule has 0 bridgehead atoms. The molecule has 0 spiro atoms. The maximum Gasteiger partial charge on any atom is 0.0597 e. The van der Waals surface area contributed by atoms with Crippen LogP contribution in [0.3, 0.4) is 0 Å². The van der Waals surface area contributed by atoms with Crippen molar-refractivity contribution in [1.82, 2.24) is 5.32 Å². The van der Waals surface area contributed by atoms with Crippen molar-refractivity contribution >= 4 is 0 Å². The fourth-order valence-corrected chi connectivity index (χ4v) is 4.03. The van der Waals surface area contributed by atoms with Gasteiger partial charge >= 0.3 is 0 Å². The first kappa shape index (κ1) is 16.5. The lowest BCUT2D eigenvalue weighted by molar-refractivity contribution is 0.0476. The molecule has 1 aromatic carbocycles. The van der Waals surface area contributed by atoms with Gasteiger partial charge in [0.2, 0.25) is 0 Å². The van der Waals surface area contributed by atoms with E-state index in [0.717, 1.165) is 13.0 Å². The minimum absolute atomic E-state index is 0.338. The summed E-state index contributed by atoms with van der Waals surface area (Å²) in [6.07, 6.45) is 1.79. The van der Waals surface area contributed by atoms with Gasteiger partial charge in [-0.2, -0.15) is 0 Å². The smallest absolute Gasteiger partial charge is 0.0597 e. The zero-order chi connectivity index (χ0) is 15.6. The van der Waals surface area contributed by atoms with E-state index in [-0.39, 0.29) is 0 Å². The Morgan fingerprint density at radius 2 is 1.67 bits per heavy atom. The van der Waals surface area contributed by atoms with Crippen molar-refractivity contribution in [3.63, 3.8) is 0 Å². The molecule has 1 aliphatic rings. The van der Waals surface area contributed by atoms with Gasteiger partial charge in [-0.15, -0.1) is 0 Å². The molecule has 1 saturated heterocycles. The Balaban J connectivity index is 2.19. The van der Waals surface area contributed by atoms with E-state index in [2.05, 4.69) is 65.1 Å². The Labute approximate surface area is 130 Å². The summed E-state index contributed by atoms with van der Waals surface area (Å²) in [6, 6.07) is 7.39. The van der Waals surface area contributed by atoms with E-state index in [0.29, 0.717) is 30.1 Å². The zero-order valence-electron chi connectivity index (χ0n) is 14.4. The van der Waals surface area contributed by atoms with Gasteiger partial charge in [0.05, 0.1) is 12.2 Å². The fraction of sp³-hybridized carbons (Fsp3) is 0.684. The molecule has 0 aliphatic carbocycles. The maximum absolute atomic E-state index is 6.06. The summed E-state index contributed by atoms with van der Waals surface area (Å²) in [5, 5.41) is 3.71. The molecule has 21 heavy (non-hydrogen) atoms. The molecule has 1 aromatic rings. The van der Waals surface area contributed by atoms with Crippen LogP contribution in [0.1, 0.15) is 44.4 Å². The minimum Gasteiger partial charge on any atom is -0.375 e. The number of hydrogen-bond acceptors (Lipinski definition) is 2. The van der Waals surface area contributed by atoms with Gasteiger partial charge in [0.1, 0.15) is 0 Å². The van der Waals surface area contributed by atoms with E-state index in [1.165, 1.54) is 16.7 Å². The van der Waals surface area contributed by atoms with Gasteiger partial charge in [-0.05, 0) is 52.1 Å². The molecule has 0 radical (unpaired) electrons. The van der Waals surface area contributed by atoms with Crippen LogP contribution in [-0.4, -0.2) is 24.8 Å². The van der Waals surface area contributed by atoms with E-state index in [1.807, 2.05) is 0 Å². The average molecular weight is 289 g/mol. The molecule has 0 aromatic heterocycles. The van der Waals surface area contributed by atoms with E-state index in [9.17, 15) is 0 Å². The molecule has 5 unspecified atom stereocenters. The normalized spacial score (nSPS) is 30.6. The van der Waals surface area contributed by atoms with Crippen molar-refractivity contribution in [3.05, 3.63) is 34.9 Å². The van der Waals surface area contributed by atoms with Crippen LogP contribution in [0.25, 0.3) is 0 Å². The lowest BCUT2D eigenvalue weighted by atomic mass is 9.80. The Kier molecular flexibility index (Phi) is 5.45. The highest BCUT2D eigenvalue weighted by molar-refractivity contribution is 5.29. The van der Waals surface area contributed by atoms with Crippen LogP contribution in [0.2, 0.25) is 0 Å². The third kappa shape index (κ3) is 3.87. The average Bonchev–Trinajstić information content (AvgIpc) is 2.61. The molecule has 2 rings (SSSR count). The molecule has 118 valence electrons. The Bertz CT molecular complexity index is 450. The summed E-state index contributed by atoms with van der Waals surface area (Å²) in [5.41, 5.74) is 4.16. The Hall–Kier alpha value is -0.860. The summed E-state index contributed by atoms with van der Waals surface area (Å²) in [4.78, 5) is 0. The van der Waals surface area contributed by atoms with Crippen molar-refractivity contribution in [3.8, 4) is 0 Å². The van der Waals surface area contributed by atoms with Crippen LogP contribution in [0.5, 0.6) is 0 Å². The second-order valence-corrected chi connectivity index (χ2v) is 6.85. The van der Waals surface area contributed by atoms with Gasteiger partial charge in [0.15, 0.2) is 0 Å². The van der Waals surface area contributed by atoms with Crippen LogP contribution in [0, 0.1) is 25.7 Å². The monoisotopic (exact) mass is 289 g/mol. The number of rotatable bonds is 5. The first-order valence-electron chi connectivity index (χ1n) is 8.38.